The molecule has 0 spiro atoms. The Kier molecular flexibility index (Phi) is 3.43. The summed E-state index contributed by atoms with van der Waals surface area (Å²) >= 11 is 0. The summed E-state index contributed by atoms with van der Waals surface area (Å²) in [7, 11) is 0. The molecule has 4 N–H and O–H groups in total. The Labute approximate surface area is 156 Å². The summed E-state index contributed by atoms with van der Waals surface area (Å²) in [6, 6.07) is 12.3. The predicted octanol–water partition coefficient (Wildman–Crippen LogP) is 3.10. The minimum atomic E-state index is -0.620. The molecule has 2 aromatic carbocycles. The van der Waals surface area contributed by atoms with Gasteiger partial charge in [-0.2, -0.15) is 4.99 Å². The molecule has 0 radical (unpaired) electrons. The van der Waals surface area contributed by atoms with Crippen molar-refractivity contribution >= 4 is 17.4 Å². The molecule has 2 heterocycles. The van der Waals surface area contributed by atoms with Crippen molar-refractivity contribution in [3.05, 3.63) is 70.4 Å². The van der Waals surface area contributed by atoms with Gasteiger partial charge in [0.05, 0.1) is 5.69 Å². The van der Waals surface area contributed by atoms with Crippen LogP contribution in [0.15, 0.2) is 45.8 Å². The molecule has 3 aromatic rings. The summed E-state index contributed by atoms with van der Waals surface area (Å²) in [4.78, 5) is 4.38. The average Bonchev–Trinajstić information content (AvgIpc) is 3.28. The van der Waals surface area contributed by atoms with Crippen molar-refractivity contribution in [2.24, 2.45) is 10.7 Å². The van der Waals surface area contributed by atoms with Crippen molar-refractivity contribution in [1.82, 2.24) is 10.2 Å². The van der Waals surface area contributed by atoms with Crippen LogP contribution in [0.2, 0.25) is 0 Å². The Balaban J connectivity index is 1.73. The number of amidine groups is 1. The summed E-state index contributed by atoms with van der Waals surface area (Å²) in [6.07, 6.45) is 1.37. The SMILES string of the molecule is Cc1nnc([C@@H]2OC(N)=Nc3ccc(N)c(C4CCc5ccccc54)c32)o1. The van der Waals surface area contributed by atoms with Gasteiger partial charge < -0.3 is 20.6 Å². The zero-order valence-corrected chi connectivity index (χ0v) is 14.8. The van der Waals surface area contributed by atoms with E-state index in [1.807, 2.05) is 12.1 Å². The Morgan fingerprint density at radius 1 is 1.04 bits per heavy atom. The number of benzene rings is 2. The largest absolute Gasteiger partial charge is 0.447 e. The van der Waals surface area contributed by atoms with Crippen molar-refractivity contribution in [3.63, 3.8) is 0 Å². The van der Waals surface area contributed by atoms with Gasteiger partial charge in [-0.1, -0.05) is 24.3 Å². The molecule has 1 aromatic heterocycles. The van der Waals surface area contributed by atoms with Crippen LogP contribution >= 0.6 is 0 Å². The number of nitrogens with zero attached hydrogens (tertiary/aromatic N) is 3. The molecule has 0 saturated carbocycles. The zero-order chi connectivity index (χ0) is 18.5. The maximum Gasteiger partial charge on any atom is 0.288 e. The number of nitrogens with two attached hydrogens (primary N) is 2. The van der Waals surface area contributed by atoms with E-state index in [2.05, 4.69) is 39.5 Å². The smallest absolute Gasteiger partial charge is 0.288 e. The van der Waals surface area contributed by atoms with Crippen LogP contribution in [0.1, 0.15) is 52.5 Å². The van der Waals surface area contributed by atoms with E-state index in [9.17, 15) is 0 Å². The lowest BCUT2D eigenvalue weighted by atomic mass is 9.85. The summed E-state index contributed by atoms with van der Waals surface area (Å²) in [5, 5.41) is 8.09. The van der Waals surface area contributed by atoms with Gasteiger partial charge in [-0.15, -0.1) is 10.2 Å². The number of aryl methyl sites for hydroxylation is 2. The van der Waals surface area contributed by atoms with Crippen LogP contribution in [0.4, 0.5) is 11.4 Å². The van der Waals surface area contributed by atoms with Crippen molar-refractivity contribution in [1.29, 1.82) is 0 Å². The second-order valence-corrected chi connectivity index (χ2v) is 6.90. The molecule has 27 heavy (non-hydrogen) atoms. The van der Waals surface area contributed by atoms with Crippen LogP contribution in [0.25, 0.3) is 0 Å². The predicted molar refractivity (Wildman–Crippen MR) is 101 cm³/mol. The maximum absolute atomic E-state index is 6.46. The molecule has 0 fully saturated rings. The molecule has 7 heteroatoms. The highest BCUT2D eigenvalue weighted by Gasteiger charge is 2.36. The fourth-order valence-electron chi connectivity index (χ4n) is 4.18. The molecule has 2 atom stereocenters. The van der Waals surface area contributed by atoms with E-state index < -0.39 is 6.10 Å². The highest BCUT2D eigenvalue weighted by atomic mass is 16.5. The van der Waals surface area contributed by atoms with E-state index in [0.717, 1.165) is 29.7 Å². The lowest BCUT2D eigenvalue weighted by Gasteiger charge is -2.28. The molecule has 1 aliphatic carbocycles. The summed E-state index contributed by atoms with van der Waals surface area (Å²) in [5.74, 6) is 0.985. The third-order valence-corrected chi connectivity index (χ3v) is 5.28. The Bertz CT molecular complexity index is 1070. The quantitative estimate of drug-likeness (QED) is 0.678. The number of hydrogen-bond acceptors (Lipinski definition) is 7. The van der Waals surface area contributed by atoms with Crippen LogP contribution in [-0.4, -0.2) is 16.2 Å². The zero-order valence-electron chi connectivity index (χ0n) is 14.8. The van der Waals surface area contributed by atoms with E-state index in [1.165, 1.54) is 11.1 Å². The minimum absolute atomic E-state index is 0.0749. The molecular weight excluding hydrogens is 342 g/mol. The summed E-state index contributed by atoms with van der Waals surface area (Å²) < 4.78 is 11.5. The van der Waals surface area contributed by atoms with Crippen LogP contribution in [-0.2, 0) is 11.2 Å². The monoisotopic (exact) mass is 361 g/mol. The second kappa shape index (κ2) is 5.84. The summed E-state index contributed by atoms with van der Waals surface area (Å²) in [5.41, 5.74) is 18.3. The van der Waals surface area contributed by atoms with Crippen molar-refractivity contribution in [2.45, 2.75) is 31.8 Å². The maximum atomic E-state index is 6.46. The van der Waals surface area contributed by atoms with Gasteiger partial charge in [-0.25, -0.2) is 0 Å². The highest BCUT2D eigenvalue weighted by Crippen LogP contribution is 2.48. The van der Waals surface area contributed by atoms with E-state index in [1.54, 1.807) is 6.92 Å². The van der Waals surface area contributed by atoms with Crippen molar-refractivity contribution in [2.75, 3.05) is 5.73 Å². The fourth-order valence-corrected chi connectivity index (χ4v) is 4.18. The van der Waals surface area contributed by atoms with Gasteiger partial charge in [0.1, 0.15) is 0 Å². The minimum Gasteiger partial charge on any atom is -0.447 e. The Hall–Kier alpha value is -3.35. The molecule has 7 nitrogen and oxygen atoms in total. The highest BCUT2D eigenvalue weighted by molar-refractivity contribution is 5.81. The standard InChI is InChI=1S/C20H19N5O2/c1-10-24-25-19(26-10)18-17-15(23-20(22)27-18)9-8-14(21)16(17)13-7-6-11-4-2-3-5-12(11)13/h2-5,8-9,13,18H,6-7,21H2,1H3,(H2,22,23)/t13?,18-/m1/s1. The average molecular weight is 361 g/mol. The van der Waals surface area contributed by atoms with E-state index in [0.29, 0.717) is 17.5 Å². The van der Waals surface area contributed by atoms with Crippen LogP contribution in [0, 0.1) is 6.92 Å². The number of ether oxygens (including phenoxy) is 1. The number of fused-ring (bicyclic) bond motifs is 2. The molecular formula is C20H19N5O2. The first-order valence-corrected chi connectivity index (χ1v) is 8.92. The van der Waals surface area contributed by atoms with E-state index in [4.69, 9.17) is 20.6 Å². The van der Waals surface area contributed by atoms with Gasteiger partial charge in [-0.3, -0.25) is 0 Å². The number of aromatic nitrogens is 2. The number of rotatable bonds is 2. The fraction of sp³-hybridized carbons (Fsp3) is 0.250. The lowest BCUT2D eigenvalue weighted by molar-refractivity contribution is 0.185. The van der Waals surface area contributed by atoms with E-state index in [-0.39, 0.29) is 11.9 Å². The van der Waals surface area contributed by atoms with Crippen molar-refractivity contribution < 1.29 is 9.15 Å². The molecule has 0 amide bonds. The van der Waals surface area contributed by atoms with Gasteiger partial charge in [0, 0.05) is 24.1 Å². The topological polar surface area (TPSA) is 113 Å². The van der Waals surface area contributed by atoms with E-state index >= 15 is 0 Å². The summed E-state index contributed by atoms with van der Waals surface area (Å²) in [6.45, 7) is 1.74. The van der Waals surface area contributed by atoms with Crippen LogP contribution < -0.4 is 11.5 Å². The van der Waals surface area contributed by atoms with Gasteiger partial charge in [0.2, 0.25) is 12.0 Å². The molecule has 136 valence electrons. The first-order valence-electron chi connectivity index (χ1n) is 8.92. The second-order valence-electron chi connectivity index (χ2n) is 6.90. The normalized spacial score (nSPS) is 20.6. The van der Waals surface area contributed by atoms with Crippen LogP contribution in [0.5, 0.6) is 0 Å². The van der Waals surface area contributed by atoms with Gasteiger partial charge in [0.15, 0.2) is 0 Å². The number of hydrogen-bond donors (Lipinski definition) is 2. The first-order chi connectivity index (χ1) is 13.1. The third-order valence-electron chi connectivity index (χ3n) is 5.28. The number of anilines is 1. The Morgan fingerprint density at radius 3 is 2.70 bits per heavy atom. The molecule has 0 saturated heterocycles. The van der Waals surface area contributed by atoms with Crippen molar-refractivity contribution in [3.8, 4) is 0 Å². The molecule has 0 bridgehead atoms. The van der Waals surface area contributed by atoms with Gasteiger partial charge in [0.25, 0.3) is 11.9 Å². The lowest BCUT2D eigenvalue weighted by Crippen LogP contribution is -2.25. The number of nitrogen functional groups attached to an aromatic ring is 1. The molecule has 2 aliphatic rings. The van der Waals surface area contributed by atoms with Gasteiger partial charge in [-0.05, 0) is 41.7 Å². The first kappa shape index (κ1) is 15.9. The number of aliphatic imine (C=N–C) groups is 1. The Morgan fingerprint density at radius 2 is 1.89 bits per heavy atom. The van der Waals surface area contributed by atoms with Gasteiger partial charge >= 0.3 is 0 Å². The third kappa shape index (κ3) is 2.46. The van der Waals surface area contributed by atoms with Crippen LogP contribution in [0.3, 0.4) is 0 Å². The molecule has 1 aliphatic heterocycles. The molecule has 1 unspecified atom stereocenters. The molecule has 5 rings (SSSR count).